The van der Waals surface area contributed by atoms with Gasteiger partial charge in [-0.2, -0.15) is 0 Å². The highest BCUT2D eigenvalue weighted by Gasteiger charge is 2.24. The van der Waals surface area contributed by atoms with Gasteiger partial charge in [-0.25, -0.2) is 0 Å². The van der Waals surface area contributed by atoms with Gasteiger partial charge in [0.05, 0.1) is 12.2 Å². The topological polar surface area (TPSA) is 50.8 Å². The second-order valence-corrected chi connectivity index (χ2v) is 7.08. The molecule has 1 aliphatic rings. The molecule has 3 rings (SSSR count). The summed E-state index contributed by atoms with van der Waals surface area (Å²) in [5.74, 6) is 0.436. The highest BCUT2D eigenvalue weighted by molar-refractivity contribution is 7.80. The van der Waals surface area contributed by atoms with E-state index < -0.39 is 0 Å². The number of nitrogens with one attached hydrogen (secondary N) is 1. The molecule has 0 unspecified atom stereocenters. The van der Waals surface area contributed by atoms with Crippen molar-refractivity contribution in [2.45, 2.75) is 26.1 Å². The Morgan fingerprint density at radius 1 is 1.11 bits per heavy atom. The molecule has 1 aliphatic heterocycles. The number of thiocarbonyl (C=S) groups is 1. The van der Waals surface area contributed by atoms with Crippen molar-refractivity contribution in [3.8, 4) is 5.75 Å². The van der Waals surface area contributed by atoms with Gasteiger partial charge in [-0.3, -0.25) is 4.79 Å². The molecule has 5 nitrogen and oxygen atoms in total. The third-order valence-electron chi connectivity index (χ3n) is 4.24. The maximum Gasteiger partial charge on any atom is 0.262 e. The van der Waals surface area contributed by atoms with E-state index in [4.69, 9.17) is 21.7 Å². The fourth-order valence-corrected chi connectivity index (χ4v) is 3.37. The minimum absolute atomic E-state index is 0.0445. The summed E-state index contributed by atoms with van der Waals surface area (Å²) in [5, 5.41) is 2.79. The zero-order valence-corrected chi connectivity index (χ0v) is 16.4. The Morgan fingerprint density at radius 2 is 1.74 bits per heavy atom. The minimum atomic E-state index is -0.197. The smallest absolute Gasteiger partial charge is 0.262 e. The van der Waals surface area contributed by atoms with Gasteiger partial charge >= 0.3 is 0 Å². The van der Waals surface area contributed by atoms with E-state index in [0.29, 0.717) is 5.75 Å². The molecule has 0 aromatic heterocycles. The van der Waals surface area contributed by atoms with Gasteiger partial charge in [0, 0.05) is 24.3 Å². The van der Waals surface area contributed by atoms with Crippen LogP contribution < -0.4 is 10.1 Å². The van der Waals surface area contributed by atoms with Crippen molar-refractivity contribution in [1.82, 2.24) is 4.90 Å². The van der Waals surface area contributed by atoms with Gasteiger partial charge in [-0.05, 0) is 50.2 Å². The van der Waals surface area contributed by atoms with E-state index in [1.807, 2.05) is 54.6 Å². The quantitative estimate of drug-likeness (QED) is 0.800. The molecule has 2 atom stereocenters. The van der Waals surface area contributed by atoms with Crippen LogP contribution in [0.3, 0.4) is 0 Å². The second-order valence-electron chi connectivity index (χ2n) is 6.69. The first-order valence-electron chi connectivity index (χ1n) is 9.04. The lowest BCUT2D eigenvalue weighted by Gasteiger charge is -2.37. The van der Waals surface area contributed by atoms with Crippen molar-refractivity contribution < 1.29 is 14.3 Å². The first-order valence-corrected chi connectivity index (χ1v) is 9.44. The Morgan fingerprint density at radius 3 is 2.37 bits per heavy atom. The summed E-state index contributed by atoms with van der Waals surface area (Å²) in [7, 11) is 0. The monoisotopic (exact) mass is 384 g/mol. The van der Waals surface area contributed by atoms with Gasteiger partial charge < -0.3 is 19.7 Å². The molecule has 1 saturated heterocycles. The van der Waals surface area contributed by atoms with Crippen LogP contribution in [0.2, 0.25) is 0 Å². The lowest BCUT2D eigenvalue weighted by molar-refractivity contribution is -0.118. The second kappa shape index (κ2) is 8.97. The van der Waals surface area contributed by atoms with Gasteiger partial charge in [0.1, 0.15) is 10.7 Å². The van der Waals surface area contributed by atoms with Gasteiger partial charge in [0.15, 0.2) is 6.61 Å². The average Bonchev–Trinajstić information content (AvgIpc) is 2.66. The number of nitrogens with zero attached hydrogens (tertiary/aromatic N) is 1. The predicted octanol–water partition coefficient (Wildman–Crippen LogP) is 3.49. The van der Waals surface area contributed by atoms with Crippen molar-refractivity contribution in [3.05, 3.63) is 60.2 Å². The molecule has 27 heavy (non-hydrogen) atoms. The predicted molar refractivity (Wildman–Crippen MR) is 110 cm³/mol. The minimum Gasteiger partial charge on any atom is -0.484 e. The number of para-hydroxylation sites is 1. The molecule has 2 aromatic rings. The molecule has 1 heterocycles. The highest BCUT2D eigenvalue weighted by Crippen LogP contribution is 2.18. The number of morpholine rings is 1. The number of ether oxygens (including phenoxy) is 2. The van der Waals surface area contributed by atoms with Crippen LogP contribution in [0, 0.1) is 0 Å². The number of anilines is 1. The first kappa shape index (κ1) is 19.3. The summed E-state index contributed by atoms with van der Waals surface area (Å²) < 4.78 is 11.3. The molecule has 0 spiro atoms. The molecule has 142 valence electrons. The lowest BCUT2D eigenvalue weighted by Crippen LogP contribution is -2.47. The van der Waals surface area contributed by atoms with Crippen LogP contribution >= 0.6 is 12.2 Å². The van der Waals surface area contributed by atoms with E-state index in [-0.39, 0.29) is 24.7 Å². The number of hydrogen-bond donors (Lipinski definition) is 1. The molecule has 1 amide bonds. The van der Waals surface area contributed by atoms with Crippen LogP contribution in [0.25, 0.3) is 0 Å². The zero-order chi connectivity index (χ0) is 19.2. The third-order valence-corrected chi connectivity index (χ3v) is 4.73. The molecular formula is C21H24N2O3S. The third kappa shape index (κ3) is 5.52. The maximum atomic E-state index is 12.0. The summed E-state index contributed by atoms with van der Waals surface area (Å²) in [6.07, 6.45) is 0.329. The normalized spacial score (nSPS) is 19.4. The molecular weight excluding hydrogens is 360 g/mol. The fourth-order valence-electron chi connectivity index (χ4n) is 3.09. The molecule has 2 aromatic carbocycles. The van der Waals surface area contributed by atoms with Gasteiger partial charge in [-0.1, -0.05) is 30.4 Å². The lowest BCUT2D eigenvalue weighted by atomic mass is 10.1. The number of carbonyl (C=O) groups excluding carboxylic acids is 1. The van der Waals surface area contributed by atoms with Crippen LogP contribution in [-0.4, -0.2) is 47.7 Å². The summed E-state index contributed by atoms with van der Waals surface area (Å²) in [6.45, 7) is 5.66. The van der Waals surface area contributed by atoms with E-state index in [1.54, 1.807) is 0 Å². The number of carbonyl (C=O) groups is 1. The van der Waals surface area contributed by atoms with Crippen LogP contribution in [0.15, 0.2) is 54.6 Å². The number of hydrogen-bond acceptors (Lipinski definition) is 4. The number of rotatable bonds is 5. The maximum absolute atomic E-state index is 12.0. The van der Waals surface area contributed by atoms with Crippen molar-refractivity contribution in [3.63, 3.8) is 0 Å². The Bertz CT molecular complexity index is 770. The van der Waals surface area contributed by atoms with Crippen molar-refractivity contribution in [1.29, 1.82) is 0 Å². The van der Waals surface area contributed by atoms with Gasteiger partial charge in [-0.15, -0.1) is 0 Å². The van der Waals surface area contributed by atoms with E-state index in [9.17, 15) is 4.79 Å². The van der Waals surface area contributed by atoms with Crippen LogP contribution in [0.4, 0.5) is 5.69 Å². The Balaban J connectivity index is 1.52. The molecule has 0 aliphatic carbocycles. The summed E-state index contributed by atoms with van der Waals surface area (Å²) in [5.41, 5.74) is 1.72. The van der Waals surface area contributed by atoms with Crippen molar-refractivity contribution >= 4 is 28.8 Å². The van der Waals surface area contributed by atoms with E-state index in [2.05, 4.69) is 24.1 Å². The van der Waals surface area contributed by atoms with Crippen molar-refractivity contribution in [2.24, 2.45) is 0 Å². The van der Waals surface area contributed by atoms with Crippen LogP contribution in [0.1, 0.15) is 19.4 Å². The molecule has 6 heteroatoms. The van der Waals surface area contributed by atoms with E-state index in [0.717, 1.165) is 29.3 Å². The number of benzene rings is 2. The average molecular weight is 385 g/mol. The van der Waals surface area contributed by atoms with E-state index in [1.165, 1.54) is 0 Å². The Labute approximate surface area is 165 Å². The van der Waals surface area contributed by atoms with Crippen molar-refractivity contribution in [2.75, 3.05) is 25.0 Å². The van der Waals surface area contributed by atoms with Gasteiger partial charge in [0.25, 0.3) is 5.91 Å². The Hall–Kier alpha value is -2.44. The van der Waals surface area contributed by atoms with Gasteiger partial charge in [0.2, 0.25) is 0 Å². The number of amides is 1. The molecule has 0 saturated carbocycles. The van der Waals surface area contributed by atoms with E-state index >= 15 is 0 Å². The summed E-state index contributed by atoms with van der Waals surface area (Å²) in [4.78, 5) is 14.9. The summed E-state index contributed by atoms with van der Waals surface area (Å²) in [6, 6.07) is 16.8. The largest absolute Gasteiger partial charge is 0.484 e. The zero-order valence-electron chi connectivity index (χ0n) is 15.6. The Kier molecular flexibility index (Phi) is 6.42. The SMILES string of the molecule is C[C@H]1CN(C(=S)c2ccc(OCC(=O)Nc3ccccc3)cc2)C[C@H](C)O1. The fraction of sp³-hybridized carbons (Fsp3) is 0.333. The molecule has 0 bridgehead atoms. The first-order chi connectivity index (χ1) is 13.0. The molecule has 1 fully saturated rings. The molecule has 0 radical (unpaired) electrons. The van der Waals surface area contributed by atoms with Crippen LogP contribution in [-0.2, 0) is 9.53 Å². The highest BCUT2D eigenvalue weighted by atomic mass is 32.1. The molecule has 1 N–H and O–H groups in total. The summed E-state index contributed by atoms with van der Waals surface area (Å²) >= 11 is 5.63. The van der Waals surface area contributed by atoms with Crippen LogP contribution in [0.5, 0.6) is 5.75 Å². The standard InChI is InChI=1S/C21H24N2O3S/c1-15-12-23(13-16(2)26-15)21(27)17-8-10-19(11-9-17)25-14-20(24)22-18-6-4-3-5-7-18/h3-11,15-16H,12-14H2,1-2H3,(H,22,24)/t15-,16-/m0/s1.